The average Bonchev–Trinajstić information content (AvgIpc) is 2.50. The maximum absolute atomic E-state index is 13.8. The van der Waals surface area contributed by atoms with Crippen molar-refractivity contribution in [2.75, 3.05) is 19.7 Å². The van der Waals surface area contributed by atoms with Crippen LogP contribution in [0.2, 0.25) is 5.02 Å². The molecule has 1 fully saturated rings. The van der Waals surface area contributed by atoms with Crippen LogP contribution in [-0.4, -0.2) is 38.4 Å². The summed E-state index contributed by atoms with van der Waals surface area (Å²) in [5.74, 6) is -1.80. The highest BCUT2D eigenvalue weighted by molar-refractivity contribution is 7.89. The van der Waals surface area contributed by atoms with E-state index in [1.807, 2.05) is 0 Å². The topological polar surface area (TPSA) is 63.7 Å². The number of sulfonamides is 1. The molecule has 1 aromatic rings. The summed E-state index contributed by atoms with van der Waals surface area (Å²) in [6, 6.07) is 3.38. The highest BCUT2D eigenvalue weighted by Gasteiger charge is 2.35. The van der Waals surface area contributed by atoms with Crippen molar-refractivity contribution in [2.45, 2.75) is 24.7 Å². The molecule has 122 valence electrons. The van der Waals surface area contributed by atoms with Gasteiger partial charge in [0.2, 0.25) is 10.0 Å². The van der Waals surface area contributed by atoms with E-state index in [4.69, 9.17) is 16.3 Å². The Labute approximate surface area is 134 Å². The van der Waals surface area contributed by atoms with E-state index in [1.54, 1.807) is 6.92 Å². The molecule has 0 radical (unpaired) electrons. The molecule has 0 N–H and O–H groups in total. The highest BCUT2D eigenvalue weighted by Crippen LogP contribution is 2.27. The first-order chi connectivity index (χ1) is 10.4. The van der Waals surface area contributed by atoms with E-state index in [9.17, 15) is 17.6 Å². The molecule has 0 aliphatic carbocycles. The van der Waals surface area contributed by atoms with Gasteiger partial charge in [-0.25, -0.2) is 12.8 Å². The summed E-state index contributed by atoms with van der Waals surface area (Å²) in [6.45, 7) is 2.17. The molecule has 1 unspecified atom stereocenters. The number of benzene rings is 1. The summed E-state index contributed by atoms with van der Waals surface area (Å²) in [5, 5.41) is 0.138. The van der Waals surface area contributed by atoms with E-state index in [2.05, 4.69) is 0 Å². The molecule has 0 bridgehead atoms. The molecule has 1 aliphatic heterocycles. The highest BCUT2D eigenvalue weighted by atomic mass is 35.5. The number of halogens is 2. The van der Waals surface area contributed by atoms with Gasteiger partial charge in [0.25, 0.3) is 0 Å². The standard InChI is InChI=1S/C14H17ClFNO4S/c1-2-21-14(18)10-4-3-7-17(9-10)22(19,20)13-8-11(15)5-6-12(13)16/h5-6,8,10H,2-4,7,9H2,1H3. The first-order valence-corrected chi connectivity index (χ1v) is 8.80. The molecule has 1 heterocycles. The SMILES string of the molecule is CCOC(=O)C1CCCN(S(=O)(=O)c2cc(Cl)ccc2F)C1. The van der Waals surface area contributed by atoms with E-state index in [0.29, 0.717) is 12.8 Å². The van der Waals surface area contributed by atoms with Gasteiger partial charge in [0.15, 0.2) is 0 Å². The fraction of sp³-hybridized carbons (Fsp3) is 0.500. The lowest BCUT2D eigenvalue weighted by Gasteiger charge is -2.30. The summed E-state index contributed by atoms with van der Waals surface area (Å²) in [7, 11) is -4.03. The Bertz CT molecular complexity index is 665. The van der Waals surface area contributed by atoms with Gasteiger partial charge in [0.1, 0.15) is 10.7 Å². The first kappa shape index (κ1) is 17.2. The summed E-state index contributed by atoms with van der Waals surface area (Å²) in [6.07, 6.45) is 1.08. The van der Waals surface area contributed by atoms with Gasteiger partial charge in [-0.1, -0.05) is 11.6 Å². The maximum Gasteiger partial charge on any atom is 0.310 e. The Morgan fingerprint density at radius 1 is 1.50 bits per heavy atom. The van der Waals surface area contributed by atoms with Crippen molar-refractivity contribution in [3.63, 3.8) is 0 Å². The van der Waals surface area contributed by atoms with Gasteiger partial charge in [-0.15, -0.1) is 0 Å². The van der Waals surface area contributed by atoms with Crippen molar-refractivity contribution >= 4 is 27.6 Å². The largest absolute Gasteiger partial charge is 0.466 e. The van der Waals surface area contributed by atoms with Crippen LogP contribution in [0, 0.1) is 11.7 Å². The normalized spacial score (nSPS) is 19.9. The van der Waals surface area contributed by atoms with Crippen LogP contribution in [0.5, 0.6) is 0 Å². The third-order valence-corrected chi connectivity index (χ3v) is 5.63. The Hall–Kier alpha value is -1.18. The zero-order valence-corrected chi connectivity index (χ0v) is 13.7. The van der Waals surface area contributed by atoms with Crippen LogP contribution in [-0.2, 0) is 19.6 Å². The molecule has 0 saturated carbocycles. The van der Waals surface area contributed by atoms with Crippen molar-refractivity contribution < 1.29 is 22.3 Å². The smallest absolute Gasteiger partial charge is 0.310 e. The molecule has 5 nitrogen and oxygen atoms in total. The minimum Gasteiger partial charge on any atom is -0.466 e. The molecule has 0 aromatic heterocycles. The van der Waals surface area contributed by atoms with Crippen molar-refractivity contribution in [3.8, 4) is 0 Å². The van der Waals surface area contributed by atoms with Crippen LogP contribution < -0.4 is 0 Å². The molecular formula is C14H17ClFNO4S. The minimum absolute atomic E-state index is 0.00683. The molecule has 2 rings (SSSR count). The minimum atomic E-state index is -4.03. The summed E-state index contributed by atoms with van der Waals surface area (Å²) in [4.78, 5) is 11.3. The van der Waals surface area contributed by atoms with Crippen LogP contribution in [0.15, 0.2) is 23.1 Å². The molecule has 22 heavy (non-hydrogen) atoms. The monoisotopic (exact) mass is 349 g/mol. The van der Waals surface area contributed by atoms with Crippen LogP contribution in [0.3, 0.4) is 0 Å². The lowest BCUT2D eigenvalue weighted by molar-refractivity contribution is -0.149. The molecule has 1 atom stereocenters. The lowest BCUT2D eigenvalue weighted by Crippen LogP contribution is -2.43. The molecule has 0 amide bonds. The predicted octanol–water partition coefficient (Wildman–Crippen LogP) is 2.44. The summed E-state index contributed by atoms with van der Waals surface area (Å²) < 4.78 is 45.0. The van der Waals surface area contributed by atoms with Crippen LogP contribution >= 0.6 is 11.6 Å². The van der Waals surface area contributed by atoms with Crippen LogP contribution in [0.4, 0.5) is 4.39 Å². The fourth-order valence-corrected chi connectivity index (χ4v) is 4.28. The van der Waals surface area contributed by atoms with E-state index in [0.717, 1.165) is 16.4 Å². The average molecular weight is 350 g/mol. The van der Waals surface area contributed by atoms with Crippen LogP contribution in [0.25, 0.3) is 0 Å². The number of piperidine rings is 1. The number of hydrogen-bond donors (Lipinski definition) is 0. The number of hydrogen-bond acceptors (Lipinski definition) is 4. The number of carbonyl (C=O) groups excluding carboxylic acids is 1. The van der Waals surface area contributed by atoms with E-state index >= 15 is 0 Å². The zero-order chi connectivity index (χ0) is 16.3. The molecular weight excluding hydrogens is 333 g/mol. The number of carbonyl (C=O) groups is 1. The molecule has 1 aliphatic rings. The van der Waals surface area contributed by atoms with Gasteiger partial charge in [0.05, 0.1) is 12.5 Å². The Balaban J connectivity index is 2.25. The molecule has 8 heteroatoms. The zero-order valence-electron chi connectivity index (χ0n) is 12.1. The number of ether oxygens (including phenoxy) is 1. The number of esters is 1. The third-order valence-electron chi connectivity index (χ3n) is 3.52. The van der Waals surface area contributed by atoms with Gasteiger partial charge in [0, 0.05) is 18.1 Å². The summed E-state index contributed by atoms with van der Waals surface area (Å²) >= 11 is 5.76. The Morgan fingerprint density at radius 3 is 2.91 bits per heavy atom. The lowest BCUT2D eigenvalue weighted by atomic mass is 10.0. The maximum atomic E-state index is 13.8. The molecule has 1 saturated heterocycles. The van der Waals surface area contributed by atoms with Crippen LogP contribution in [0.1, 0.15) is 19.8 Å². The van der Waals surface area contributed by atoms with Crippen molar-refractivity contribution in [2.24, 2.45) is 5.92 Å². The Morgan fingerprint density at radius 2 is 2.23 bits per heavy atom. The van der Waals surface area contributed by atoms with Gasteiger partial charge in [-0.2, -0.15) is 4.31 Å². The summed E-state index contributed by atoms with van der Waals surface area (Å²) in [5.41, 5.74) is 0. The second kappa shape index (κ2) is 6.93. The second-order valence-corrected chi connectivity index (χ2v) is 7.37. The Kier molecular flexibility index (Phi) is 5.41. The second-order valence-electron chi connectivity index (χ2n) is 5.03. The third kappa shape index (κ3) is 3.59. The van der Waals surface area contributed by atoms with Gasteiger partial charge >= 0.3 is 5.97 Å². The quantitative estimate of drug-likeness (QED) is 0.783. The van der Waals surface area contributed by atoms with Crippen molar-refractivity contribution in [1.29, 1.82) is 0 Å². The number of rotatable bonds is 4. The molecule has 0 spiro atoms. The van der Waals surface area contributed by atoms with E-state index < -0.39 is 32.6 Å². The van der Waals surface area contributed by atoms with E-state index in [-0.39, 0.29) is 24.7 Å². The van der Waals surface area contributed by atoms with Crippen molar-refractivity contribution in [1.82, 2.24) is 4.31 Å². The van der Waals surface area contributed by atoms with Gasteiger partial charge in [-0.05, 0) is 38.0 Å². The van der Waals surface area contributed by atoms with Gasteiger partial charge in [-0.3, -0.25) is 4.79 Å². The molecule has 1 aromatic carbocycles. The van der Waals surface area contributed by atoms with Crippen molar-refractivity contribution in [3.05, 3.63) is 29.0 Å². The predicted molar refractivity (Wildman–Crippen MR) is 79.5 cm³/mol. The van der Waals surface area contributed by atoms with E-state index in [1.165, 1.54) is 6.07 Å². The first-order valence-electron chi connectivity index (χ1n) is 6.98. The fourth-order valence-electron chi connectivity index (χ4n) is 2.43. The number of nitrogens with zero attached hydrogens (tertiary/aromatic N) is 1. The van der Waals surface area contributed by atoms with Gasteiger partial charge < -0.3 is 4.74 Å².